The topological polar surface area (TPSA) is 85.8 Å². The molecule has 0 saturated heterocycles. The molecule has 1 N–H and O–H groups in total. The first-order chi connectivity index (χ1) is 9.22. The Hall–Kier alpha value is -2.15. The molecule has 0 atom stereocenters. The molecule has 0 radical (unpaired) electrons. The molecule has 8 heteroatoms. The van der Waals surface area contributed by atoms with Crippen molar-refractivity contribution in [3.8, 4) is 0 Å². The Balaban J connectivity index is 2.02. The lowest BCUT2D eigenvalue weighted by molar-refractivity contribution is 0.410. The van der Waals surface area contributed by atoms with Crippen LogP contribution >= 0.6 is 11.6 Å². The molecular formula is C11H12ClN5O2. The molecule has 0 amide bonds. The van der Waals surface area contributed by atoms with Gasteiger partial charge >= 0.3 is 0 Å². The van der Waals surface area contributed by atoms with Crippen molar-refractivity contribution >= 4 is 17.3 Å². The Kier molecular flexibility index (Phi) is 4.30. The quantitative estimate of drug-likeness (QED) is 0.799. The summed E-state index contributed by atoms with van der Waals surface area (Å²) >= 11 is 5.97. The smallest absolute Gasteiger partial charge is 0.287 e. The molecule has 2 rings (SSSR count). The largest absolute Gasteiger partial charge is 0.382 e. The van der Waals surface area contributed by atoms with Crippen molar-refractivity contribution in [1.29, 1.82) is 0 Å². The summed E-state index contributed by atoms with van der Waals surface area (Å²) in [6.07, 6.45) is 4.90. The molecule has 0 saturated carbocycles. The van der Waals surface area contributed by atoms with E-state index in [2.05, 4.69) is 31.7 Å². The highest BCUT2D eigenvalue weighted by Crippen LogP contribution is 2.14. The van der Waals surface area contributed by atoms with Crippen LogP contribution < -0.4 is 10.9 Å². The van der Waals surface area contributed by atoms with Crippen molar-refractivity contribution in [2.24, 2.45) is 0 Å². The molecule has 2 heterocycles. The monoisotopic (exact) mass is 281 g/mol. The van der Waals surface area contributed by atoms with Crippen LogP contribution in [0.2, 0.25) is 5.02 Å². The van der Waals surface area contributed by atoms with Gasteiger partial charge in [0.2, 0.25) is 6.39 Å². The first-order valence-corrected chi connectivity index (χ1v) is 5.96. The van der Waals surface area contributed by atoms with Crippen LogP contribution in [0.1, 0.15) is 5.82 Å². The highest BCUT2D eigenvalue weighted by molar-refractivity contribution is 6.32. The summed E-state index contributed by atoms with van der Waals surface area (Å²) in [6, 6.07) is 0. The zero-order valence-corrected chi connectivity index (χ0v) is 10.8. The van der Waals surface area contributed by atoms with Crippen molar-refractivity contribution in [1.82, 2.24) is 19.9 Å². The number of hydrogen-bond donors (Lipinski definition) is 1. The summed E-state index contributed by atoms with van der Waals surface area (Å²) in [5.41, 5.74) is 0.126. The van der Waals surface area contributed by atoms with Gasteiger partial charge < -0.3 is 9.84 Å². The van der Waals surface area contributed by atoms with Gasteiger partial charge in [-0.2, -0.15) is 10.1 Å². The maximum atomic E-state index is 11.8. The molecule has 0 aliphatic heterocycles. The van der Waals surface area contributed by atoms with Crippen LogP contribution in [-0.2, 0) is 13.0 Å². The van der Waals surface area contributed by atoms with Crippen molar-refractivity contribution in [2.45, 2.75) is 13.0 Å². The summed E-state index contributed by atoms with van der Waals surface area (Å²) in [7, 11) is 0. The van der Waals surface area contributed by atoms with Gasteiger partial charge in [0.1, 0.15) is 5.02 Å². The fraction of sp³-hybridized carbons (Fsp3) is 0.273. The Morgan fingerprint density at radius 3 is 3.11 bits per heavy atom. The average molecular weight is 282 g/mol. The molecule has 0 unspecified atom stereocenters. The zero-order chi connectivity index (χ0) is 13.7. The lowest BCUT2D eigenvalue weighted by Crippen LogP contribution is -2.24. The highest BCUT2D eigenvalue weighted by atomic mass is 35.5. The second kappa shape index (κ2) is 6.14. The SMILES string of the molecule is C=CCn1ncc(NCCc2ncon2)c(Cl)c1=O. The van der Waals surface area contributed by atoms with Gasteiger partial charge in [0.15, 0.2) is 5.82 Å². The molecular weight excluding hydrogens is 270 g/mol. The number of allylic oxidation sites excluding steroid dienone is 1. The lowest BCUT2D eigenvalue weighted by atomic mass is 10.3. The first kappa shape index (κ1) is 13.3. The molecule has 0 aromatic carbocycles. The zero-order valence-electron chi connectivity index (χ0n) is 10.0. The van der Waals surface area contributed by atoms with Gasteiger partial charge in [-0.1, -0.05) is 22.8 Å². The van der Waals surface area contributed by atoms with Gasteiger partial charge in [0.25, 0.3) is 5.56 Å². The minimum Gasteiger partial charge on any atom is -0.382 e. The second-order valence-corrected chi connectivity index (χ2v) is 4.05. The van der Waals surface area contributed by atoms with Crippen molar-refractivity contribution in [3.05, 3.63) is 46.4 Å². The number of nitrogens with one attached hydrogen (secondary N) is 1. The molecule has 100 valence electrons. The normalized spacial score (nSPS) is 10.4. The van der Waals surface area contributed by atoms with Gasteiger partial charge in [-0.15, -0.1) is 6.58 Å². The minimum absolute atomic E-state index is 0.102. The van der Waals surface area contributed by atoms with Crippen molar-refractivity contribution in [2.75, 3.05) is 11.9 Å². The van der Waals surface area contributed by atoms with E-state index in [1.54, 1.807) is 6.08 Å². The van der Waals surface area contributed by atoms with Crippen LogP contribution in [0.4, 0.5) is 5.69 Å². The fourth-order valence-electron chi connectivity index (χ4n) is 1.45. The fourth-order valence-corrected chi connectivity index (χ4v) is 1.67. The standard InChI is InChI=1S/C11H12ClN5O2/c1-2-5-17-11(18)10(12)8(6-15-17)13-4-3-9-14-7-19-16-9/h2,6-7,13H,1,3-5H2. The van der Waals surface area contributed by atoms with Crippen LogP contribution in [-0.4, -0.2) is 26.5 Å². The number of nitrogens with zero attached hydrogens (tertiary/aromatic N) is 4. The van der Waals surface area contributed by atoms with E-state index in [-0.39, 0.29) is 10.6 Å². The Morgan fingerprint density at radius 2 is 2.42 bits per heavy atom. The van der Waals surface area contributed by atoms with Crippen LogP contribution in [0.3, 0.4) is 0 Å². The molecule has 0 spiro atoms. The Labute approximate surface area is 113 Å². The number of anilines is 1. The summed E-state index contributed by atoms with van der Waals surface area (Å²) < 4.78 is 5.85. The molecule has 0 aliphatic carbocycles. The van der Waals surface area contributed by atoms with Gasteiger partial charge in [0, 0.05) is 13.0 Å². The minimum atomic E-state index is -0.355. The van der Waals surface area contributed by atoms with E-state index in [4.69, 9.17) is 11.6 Å². The average Bonchev–Trinajstić information content (AvgIpc) is 2.91. The highest BCUT2D eigenvalue weighted by Gasteiger charge is 2.08. The van der Waals surface area contributed by atoms with Crippen molar-refractivity contribution < 1.29 is 4.52 Å². The second-order valence-electron chi connectivity index (χ2n) is 3.67. The molecule has 0 fully saturated rings. The maximum Gasteiger partial charge on any atom is 0.287 e. The van der Waals surface area contributed by atoms with Gasteiger partial charge in [-0.05, 0) is 0 Å². The van der Waals surface area contributed by atoms with E-state index >= 15 is 0 Å². The molecule has 2 aromatic heterocycles. The van der Waals surface area contributed by atoms with E-state index in [0.29, 0.717) is 31.0 Å². The van der Waals surface area contributed by atoms with Crippen LogP contribution in [0.25, 0.3) is 0 Å². The molecule has 19 heavy (non-hydrogen) atoms. The lowest BCUT2D eigenvalue weighted by Gasteiger charge is -2.08. The van der Waals surface area contributed by atoms with E-state index in [9.17, 15) is 4.79 Å². The number of halogens is 1. The summed E-state index contributed by atoms with van der Waals surface area (Å²) in [6.45, 7) is 4.39. The predicted molar refractivity (Wildman–Crippen MR) is 70.2 cm³/mol. The molecule has 0 aliphatic rings. The van der Waals surface area contributed by atoms with Gasteiger partial charge in [0.05, 0.1) is 18.4 Å². The maximum absolute atomic E-state index is 11.8. The van der Waals surface area contributed by atoms with E-state index < -0.39 is 0 Å². The van der Waals surface area contributed by atoms with Crippen LogP contribution in [0.15, 0.2) is 34.6 Å². The molecule has 2 aromatic rings. The van der Waals surface area contributed by atoms with Crippen LogP contribution in [0.5, 0.6) is 0 Å². The van der Waals surface area contributed by atoms with E-state index in [0.717, 1.165) is 0 Å². The van der Waals surface area contributed by atoms with Crippen molar-refractivity contribution in [3.63, 3.8) is 0 Å². The number of hydrogen-bond acceptors (Lipinski definition) is 6. The summed E-state index contributed by atoms with van der Waals surface area (Å²) in [4.78, 5) is 15.7. The number of aromatic nitrogens is 4. The third-order valence-corrected chi connectivity index (χ3v) is 2.72. The summed E-state index contributed by atoms with van der Waals surface area (Å²) in [5, 5.41) is 10.8. The van der Waals surface area contributed by atoms with E-state index in [1.165, 1.54) is 17.3 Å². The Bertz CT molecular complexity index is 608. The van der Waals surface area contributed by atoms with Gasteiger partial charge in [-0.3, -0.25) is 4.79 Å². The Morgan fingerprint density at radius 1 is 1.58 bits per heavy atom. The molecule has 0 bridgehead atoms. The number of rotatable bonds is 6. The third kappa shape index (κ3) is 3.19. The molecule has 7 nitrogen and oxygen atoms in total. The first-order valence-electron chi connectivity index (χ1n) is 5.58. The van der Waals surface area contributed by atoms with Gasteiger partial charge in [-0.25, -0.2) is 4.68 Å². The van der Waals surface area contributed by atoms with E-state index in [1.807, 2.05) is 0 Å². The third-order valence-electron chi connectivity index (χ3n) is 2.36. The predicted octanol–water partition coefficient (Wildman–Crippen LogP) is 1.12. The van der Waals surface area contributed by atoms with Crippen LogP contribution in [0, 0.1) is 0 Å². The summed E-state index contributed by atoms with van der Waals surface area (Å²) in [5.74, 6) is 0.580.